The molecular weight excluding hydrogens is 334 g/mol. The van der Waals surface area contributed by atoms with E-state index in [1.165, 1.54) is 13.0 Å². The first-order valence-electron chi connectivity index (χ1n) is 7.98. The van der Waals surface area contributed by atoms with Crippen molar-refractivity contribution in [2.75, 3.05) is 18.5 Å². The number of ether oxygens (including phenoxy) is 1. The third-order valence-electron chi connectivity index (χ3n) is 4.20. The summed E-state index contributed by atoms with van der Waals surface area (Å²) in [5.41, 5.74) is -1.52. The maximum Gasteiger partial charge on any atom is 0.355 e. The van der Waals surface area contributed by atoms with Crippen LogP contribution in [0.3, 0.4) is 0 Å². The molecule has 1 aliphatic rings. The van der Waals surface area contributed by atoms with E-state index in [-0.39, 0.29) is 17.6 Å². The minimum Gasteiger partial charge on any atom is -0.381 e. The van der Waals surface area contributed by atoms with Gasteiger partial charge in [-0.05, 0) is 31.9 Å². The summed E-state index contributed by atoms with van der Waals surface area (Å²) in [6.07, 6.45) is 1.10. The number of halogens is 2. The van der Waals surface area contributed by atoms with Crippen molar-refractivity contribution in [1.82, 2.24) is 14.5 Å². The SMILES string of the molecule is C[C@H](Nc1nc(=O)n(C2CCOCC2)c(=O)[nH]1)c1c(F)cccc1F. The average molecular weight is 352 g/mol. The second-order valence-corrected chi connectivity index (χ2v) is 5.89. The van der Waals surface area contributed by atoms with Crippen molar-refractivity contribution in [1.29, 1.82) is 0 Å². The summed E-state index contributed by atoms with van der Waals surface area (Å²) in [6.45, 7) is 2.45. The van der Waals surface area contributed by atoms with E-state index >= 15 is 0 Å². The van der Waals surface area contributed by atoms with Gasteiger partial charge in [-0.2, -0.15) is 4.98 Å². The zero-order valence-electron chi connectivity index (χ0n) is 13.6. The van der Waals surface area contributed by atoms with Crippen molar-refractivity contribution in [3.63, 3.8) is 0 Å². The van der Waals surface area contributed by atoms with Crippen LogP contribution in [0.1, 0.15) is 37.4 Å². The molecule has 9 heteroatoms. The van der Waals surface area contributed by atoms with Crippen molar-refractivity contribution in [2.45, 2.75) is 31.8 Å². The molecule has 134 valence electrons. The number of H-pyrrole nitrogens is 1. The van der Waals surface area contributed by atoms with Crippen LogP contribution in [-0.2, 0) is 4.74 Å². The first-order chi connectivity index (χ1) is 12.0. The summed E-state index contributed by atoms with van der Waals surface area (Å²) in [5, 5.41) is 2.67. The molecule has 25 heavy (non-hydrogen) atoms. The van der Waals surface area contributed by atoms with Crippen LogP contribution in [0.15, 0.2) is 27.8 Å². The highest BCUT2D eigenvalue weighted by Gasteiger charge is 2.21. The summed E-state index contributed by atoms with van der Waals surface area (Å²) in [7, 11) is 0. The third kappa shape index (κ3) is 3.60. The monoisotopic (exact) mass is 352 g/mol. The van der Waals surface area contributed by atoms with E-state index in [2.05, 4.69) is 15.3 Å². The number of benzene rings is 1. The Kier molecular flexibility index (Phi) is 4.93. The van der Waals surface area contributed by atoms with Gasteiger partial charge >= 0.3 is 11.4 Å². The Morgan fingerprint density at radius 2 is 1.92 bits per heavy atom. The standard InChI is InChI=1S/C16H18F2N4O3/c1-9(13-11(17)3-2-4-12(13)18)19-14-20-15(23)22(16(24)21-14)10-5-7-25-8-6-10/h2-4,9-10H,5-8H2,1H3,(H2,19,20,21,23,24)/t9-/m0/s1. The highest BCUT2D eigenvalue weighted by atomic mass is 19.1. The number of aromatic nitrogens is 3. The minimum absolute atomic E-state index is 0.131. The zero-order chi connectivity index (χ0) is 18.0. The Morgan fingerprint density at radius 1 is 1.28 bits per heavy atom. The van der Waals surface area contributed by atoms with Gasteiger partial charge in [0.25, 0.3) is 0 Å². The molecule has 2 heterocycles. The van der Waals surface area contributed by atoms with Crippen LogP contribution in [0.4, 0.5) is 14.7 Å². The lowest BCUT2D eigenvalue weighted by Crippen LogP contribution is -2.42. The van der Waals surface area contributed by atoms with Gasteiger partial charge in [0, 0.05) is 24.8 Å². The Balaban J connectivity index is 1.87. The molecule has 0 unspecified atom stereocenters. The van der Waals surface area contributed by atoms with Crippen LogP contribution in [0.5, 0.6) is 0 Å². The van der Waals surface area contributed by atoms with Crippen molar-refractivity contribution >= 4 is 5.95 Å². The summed E-state index contributed by atoms with van der Waals surface area (Å²) < 4.78 is 33.9. The summed E-state index contributed by atoms with van der Waals surface area (Å²) in [5.74, 6) is -1.58. The Hall–Kier alpha value is -2.55. The maximum atomic E-state index is 13.8. The lowest BCUT2D eigenvalue weighted by molar-refractivity contribution is 0.0670. The summed E-state index contributed by atoms with van der Waals surface area (Å²) >= 11 is 0. The molecule has 0 spiro atoms. The molecule has 1 aromatic carbocycles. The van der Waals surface area contributed by atoms with Crippen LogP contribution >= 0.6 is 0 Å². The number of anilines is 1. The van der Waals surface area contributed by atoms with Gasteiger partial charge in [-0.3, -0.25) is 4.98 Å². The topological polar surface area (TPSA) is 89.0 Å². The number of hydrogen-bond donors (Lipinski definition) is 2. The predicted molar refractivity (Wildman–Crippen MR) is 86.6 cm³/mol. The van der Waals surface area contributed by atoms with Gasteiger partial charge < -0.3 is 10.1 Å². The number of hydrogen-bond acceptors (Lipinski definition) is 5. The van der Waals surface area contributed by atoms with Gasteiger partial charge in [0.1, 0.15) is 11.6 Å². The molecule has 0 saturated carbocycles. The Labute approximate surface area is 141 Å². The van der Waals surface area contributed by atoms with Crippen LogP contribution < -0.4 is 16.7 Å². The van der Waals surface area contributed by atoms with Crippen molar-refractivity contribution < 1.29 is 13.5 Å². The molecule has 2 aromatic rings. The molecule has 1 aliphatic heterocycles. The molecule has 1 atom stereocenters. The van der Waals surface area contributed by atoms with Crippen LogP contribution in [0.2, 0.25) is 0 Å². The minimum atomic E-state index is -0.831. The second-order valence-electron chi connectivity index (χ2n) is 5.89. The van der Waals surface area contributed by atoms with Crippen LogP contribution in [-0.4, -0.2) is 27.7 Å². The lowest BCUT2D eigenvalue weighted by Gasteiger charge is -2.23. The molecule has 1 fully saturated rings. The van der Waals surface area contributed by atoms with E-state index in [9.17, 15) is 18.4 Å². The fourth-order valence-electron chi connectivity index (χ4n) is 2.96. The lowest BCUT2D eigenvalue weighted by atomic mass is 10.1. The first-order valence-corrected chi connectivity index (χ1v) is 7.98. The van der Waals surface area contributed by atoms with E-state index < -0.39 is 29.1 Å². The molecule has 1 aromatic heterocycles. The summed E-state index contributed by atoms with van der Waals surface area (Å²) in [6, 6.07) is 2.43. The zero-order valence-corrected chi connectivity index (χ0v) is 13.6. The van der Waals surface area contributed by atoms with Crippen molar-refractivity contribution in [3.05, 3.63) is 56.4 Å². The van der Waals surface area contributed by atoms with Gasteiger partial charge in [-0.1, -0.05) is 6.07 Å². The average Bonchev–Trinajstić information content (AvgIpc) is 2.55. The highest BCUT2D eigenvalue weighted by Crippen LogP contribution is 2.22. The maximum absolute atomic E-state index is 13.8. The smallest absolute Gasteiger partial charge is 0.355 e. The molecule has 0 radical (unpaired) electrons. The van der Waals surface area contributed by atoms with E-state index in [1.54, 1.807) is 0 Å². The molecule has 2 N–H and O–H groups in total. The fourth-order valence-corrected chi connectivity index (χ4v) is 2.96. The number of nitrogens with zero attached hydrogens (tertiary/aromatic N) is 2. The molecule has 0 amide bonds. The fraction of sp³-hybridized carbons (Fsp3) is 0.438. The largest absolute Gasteiger partial charge is 0.381 e. The number of rotatable bonds is 4. The van der Waals surface area contributed by atoms with Gasteiger partial charge in [-0.25, -0.2) is 22.9 Å². The Morgan fingerprint density at radius 3 is 2.52 bits per heavy atom. The van der Waals surface area contributed by atoms with E-state index in [4.69, 9.17) is 4.74 Å². The second kappa shape index (κ2) is 7.14. The van der Waals surface area contributed by atoms with Gasteiger partial charge in [0.05, 0.1) is 6.04 Å². The van der Waals surface area contributed by atoms with E-state index in [0.717, 1.165) is 16.7 Å². The highest BCUT2D eigenvalue weighted by molar-refractivity contribution is 5.32. The van der Waals surface area contributed by atoms with Crippen LogP contribution in [0.25, 0.3) is 0 Å². The van der Waals surface area contributed by atoms with Gasteiger partial charge in [0.2, 0.25) is 5.95 Å². The number of aromatic amines is 1. The molecule has 3 rings (SSSR count). The normalized spacial score (nSPS) is 16.6. The van der Waals surface area contributed by atoms with Crippen LogP contribution in [0, 0.1) is 11.6 Å². The first kappa shape index (κ1) is 17.3. The van der Waals surface area contributed by atoms with Gasteiger partial charge in [0.15, 0.2) is 0 Å². The summed E-state index contributed by atoms with van der Waals surface area (Å²) in [4.78, 5) is 30.7. The third-order valence-corrected chi connectivity index (χ3v) is 4.20. The van der Waals surface area contributed by atoms with Crippen molar-refractivity contribution in [2.24, 2.45) is 0 Å². The quantitative estimate of drug-likeness (QED) is 0.875. The molecule has 0 aliphatic carbocycles. The molecule has 7 nitrogen and oxygen atoms in total. The predicted octanol–water partition coefficient (Wildman–Crippen LogP) is 1.73. The van der Waals surface area contributed by atoms with E-state index in [0.29, 0.717) is 26.1 Å². The molecule has 0 bridgehead atoms. The van der Waals surface area contributed by atoms with Gasteiger partial charge in [-0.15, -0.1) is 0 Å². The number of nitrogens with one attached hydrogen (secondary N) is 2. The molecule has 1 saturated heterocycles. The molecular formula is C16H18F2N4O3. The van der Waals surface area contributed by atoms with Crippen molar-refractivity contribution in [3.8, 4) is 0 Å². The Bertz CT molecular complexity index is 823. The van der Waals surface area contributed by atoms with E-state index in [1.807, 2.05) is 0 Å².